The van der Waals surface area contributed by atoms with Crippen molar-refractivity contribution in [3.8, 4) is 0 Å². The van der Waals surface area contributed by atoms with Crippen LogP contribution in [0.3, 0.4) is 0 Å². The maximum Gasteiger partial charge on any atom is 0.257 e. The van der Waals surface area contributed by atoms with Crippen LogP contribution in [0.25, 0.3) is 11.1 Å². The zero-order valence-corrected chi connectivity index (χ0v) is 14.7. The largest absolute Gasteiger partial charge is 0.336 e. The third kappa shape index (κ3) is 3.33. The van der Waals surface area contributed by atoms with Gasteiger partial charge in [-0.2, -0.15) is 0 Å². The second kappa shape index (κ2) is 6.45. The number of fused-ring (bicyclic) bond motifs is 1. The van der Waals surface area contributed by atoms with Crippen molar-refractivity contribution < 1.29 is 9.32 Å². The van der Waals surface area contributed by atoms with E-state index in [1.807, 2.05) is 11.0 Å². The summed E-state index contributed by atoms with van der Waals surface area (Å²) < 4.78 is 5.28. The Morgan fingerprint density at radius 2 is 2.17 bits per heavy atom. The zero-order chi connectivity index (χ0) is 15.9. The minimum absolute atomic E-state index is 0. The van der Waals surface area contributed by atoms with Crippen molar-refractivity contribution in [1.29, 1.82) is 0 Å². The van der Waals surface area contributed by atoms with E-state index in [2.05, 4.69) is 43.2 Å². The van der Waals surface area contributed by atoms with Crippen molar-refractivity contribution in [3.63, 3.8) is 0 Å². The van der Waals surface area contributed by atoms with Crippen LogP contribution in [0, 0.1) is 0 Å². The summed E-state index contributed by atoms with van der Waals surface area (Å²) in [4.78, 5) is 18.9. The summed E-state index contributed by atoms with van der Waals surface area (Å²) in [5, 5.41) is 8.23. The maximum atomic E-state index is 12.7. The number of piperazine rings is 1. The second-order valence-corrected chi connectivity index (χ2v) is 6.91. The molecule has 1 amide bonds. The average Bonchev–Trinajstić information content (AvgIpc) is 2.90. The third-order valence-electron chi connectivity index (χ3n) is 4.05. The summed E-state index contributed by atoms with van der Waals surface area (Å²) in [6.07, 6.45) is 1.58. The fraction of sp³-hybridized carbons (Fsp3) is 0.562. The molecule has 1 atom stereocenters. The van der Waals surface area contributed by atoms with Gasteiger partial charge in [0, 0.05) is 37.3 Å². The van der Waals surface area contributed by atoms with Crippen molar-refractivity contribution >= 4 is 29.4 Å². The molecule has 0 bridgehead atoms. The van der Waals surface area contributed by atoms with E-state index in [-0.39, 0.29) is 29.8 Å². The lowest BCUT2D eigenvalue weighted by Gasteiger charge is -2.34. The molecule has 126 valence electrons. The highest BCUT2D eigenvalue weighted by Gasteiger charge is 2.27. The van der Waals surface area contributed by atoms with Crippen molar-refractivity contribution in [3.05, 3.63) is 23.5 Å². The molecule has 1 aliphatic heterocycles. The first-order valence-corrected chi connectivity index (χ1v) is 7.65. The summed E-state index contributed by atoms with van der Waals surface area (Å²) in [5.74, 6) is 0.0180. The quantitative estimate of drug-likeness (QED) is 0.864. The monoisotopic (exact) mass is 338 g/mol. The predicted octanol–water partition coefficient (Wildman–Crippen LogP) is 2.38. The Morgan fingerprint density at radius 3 is 2.83 bits per heavy atom. The van der Waals surface area contributed by atoms with Gasteiger partial charge >= 0.3 is 0 Å². The van der Waals surface area contributed by atoms with Crippen molar-refractivity contribution in [2.45, 2.75) is 39.2 Å². The first kappa shape index (κ1) is 17.7. The first-order chi connectivity index (χ1) is 10.4. The molecule has 1 saturated heterocycles. The zero-order valence-electron chi connectivity index (χ0n) is 13.9. The fourth-order valence-electron chi connectivity index (χ4n) is 2.80. The molecule has 2 aromatic rings. The number of aromatic nitrogens is 2. The Bertz CT molecular complexity index is 708. The molecule has 0 saturated carbocycles. The van der Waals surface area contributed by atoms with Gasteiger partial charge in [0.15, 0.2) is 0 Å². The van der Waals surface area contributed by atoms with Crippen LogP contribution in [0.15, 0.2) is 16.8 Å². The highest BCUT2D eigenvalue weighted by atomic mass is 35.5. The van der Waals surface area contributed by atoms with Gasteiger partial charge in [-0.1, -0.05) is 25.9 Å². The summed E-state index contributed by atoms with van der Waals surface area (Å²) >= 11 is 0. The molecule has 0 aliphatic carbocycles. The van der Waals surface area contributed by atoms with E-state index < -0.39 is 0 Å². The highest BCUT2D eigenvalue weighted by molar-refractivity contribution is 5.97. The standard InChI is InChI=1S/C16H22N4O2.ClH/c1-10-8-17-5-6-20(10)15(21)11-7-12-13(16(2,3)4)19-22-14(12)18-9-11;/h7,9-10,17H,5-6,8H2,1-4H3;1H/t10-;/m1./s1. The number of amides is 1. The maximum absolute atomic E-state index is 12.7. The summed E-state index contributed by atoms with van der Waals surface area (Å²) in [7, 11) is 0. The number of carbonyl (C=O) groups is 1. The van der Waals surface area contributed by atoms with Crippen LogP contribution in [0.4, 0.5) is 0 Å². The Morgan fingerprint density at radius 1 is 1.43 bits per heavy atom. The molecule has 1 aliphatic rings. The lowest BCUT2D eigenvalue weighted by Crippen LogP contribution is -2.52. The van der Waals surface area contributed by atoms with Crippen molar-refractivity contribution in [2.24, 2.45) is 0 Å². The van der Waals surface area contributed by atoms with Gasteiger partial charge in [0.05, 0.1) is 16.6 Å². The van der Waals surface area contributed by atoms with E-state index in [1.165, 1.54) is 0 Å². The summed E-state index contributed by atoms with van der Waals surface area (Å²) in [6.45, 7) is 10.6. The molecule has 7 heteroatoms. The van der Waals surface area contributed by atoms with Gasteiger partial charge in [0.1, 0.15) is 0 Å². The van der Waals surface area contributed by atoms with Gasteiger partial charge < -0.3 is 14.7 Å². The molecule has 0 spiro atoms. The first-order valence-electron chi connectivity index (χ1n) is 7.65. The number of nitrogens with zero attached hydrogens (tertiary/aromatic N) is 3. The number of pyridine rings is 1. The SMILES string of the molecule is C[C@@H]1CNCCN1C(=O)c1cnc2onc(C(C)(C)C)c2c1.Cl. The minimum atomic E-state index is -0.156. The third-order valence-corrected chi connectivity index (χ3v) is 4.05. The molecule has 3 heterocycles. The van der Waals surface area contributed by atoms with Crippen molar-refractivity contribution in [1.82, 2.24) is 20.4 Å². The highest BCUT2D eigenvalue weighted by Crippen LogP contribution is 2.29. The lowest BCUT2D eigenvalue weighted by atomic mass is 9.90. The fourth-order valence-corrected chi connectivity index (χ4v) is 2.80. The van der Waals surface area contributed by atoms with E-state index in [9.17, 15) is 4.79 Å². The number of hydrogen-bond acceptors (Lipinski definition) is 5. The van der Waals surface area contributed by atoms with E-state index in [1.54, 1.807) is 6.20 Å². The van der Waals surface area contributed by atoms with Gasteiger partial charge in [0.25, 0.3) is 11.6 Å². The molecule has 2 aromatic heterocycles. The lowest BCUT2D eigenvalue weighted by molar-refractivity contribution is 0.0655. The van der Waals surface area contributed by atoms with Gasteiger partial charge in [-0.25, -0.2) is 4.98 Å². The van der Waals surface area contributed by atoms with Crippen LogP contribution in [0.2, 0.25) is 0 Å². The Hall–Kier alpha value is -1.66. The van der Waals surface area contributed by atoms with Crippen LogP contribution in [0.5, 0.6) is 0 Å². The van der Waals surface area contributed by atoms with Crippen molar-refractivity contribution in [2.75, 3.05) is 19.6 Å². The smallest absolute Gasteiger partial charge is 0.257 e. The summed E-state index contributed by atoms with van der Waals surface area (Å²) in [6, 6.07) is 2.04. The average molecular weight is 339 g/mol. The van der Waals surface area contributed by atoms with Crippen LogP contribution in [-0.4, -0.2) is 46.6 Å². The molecule has 23 heavy (non-hydrogen) atoms. The van der Waals surface area contributed by atoms with Gasteiger partial charge in [0.2, 0.25) is 0 Å². The number of carbonyl (C=O) groups excluding carboxylic acids is 1. The molecule has 0 radical (unpaired) electrons. The van der Waals surface area contributed by atoms with Crippen LogP contribution < -0.4 is 5.32 Å². The van der Waals surface area contributed by atoms with E-state index >= 15 is 0 Å². The van der Waals surface area contributed by atoms with Gasteiger partial charge in [-0.3, -0.25) is 4.79 Å². The molecular formula is C16H23ClN4O2. The van der Waals surface area contributed by atoms with Crippen LogP contribution >= 0.6 is 12.4 Å². The van der Waals surface area contributed by atoms with Crippen LogP contribution in [0.1, 0.15) is 43.7 Å². The molecule has 1 fully saturated rings. The predicted molar refractivity (Wildman–Crippen MR) is 91.1 cm³/mol. The molecule has 6 nitrogen and oxygen atoms in total. The Balaban J connectivity index is 0.00000192. The topological polar surface area (TPSA) is 71.3 Å². The number of hydrogen-bond donors (Lipinski definition) is 1. The number of nitrogens with one attached hydrogen (secondary N) is 1. The molecule has 0 unspecified atom stereocenters. The normalized spacial score (nSPS) is 18.8. The van der Waals surface area contributed by atoms with E-state index in [0.29, 0.717) is 17.8 Å². The van der Waals surface area contributed by atoms with Gasteiger partial charge in [-0.15, -0.1) is 12.4 Å². The van der Waals surface area contributed by atoms with E-state index in [4.69, 9.17) is 4.52 Å². The minimum Gasteiger partial charge on any atom is -0.336 e. The Labute approximate surface area is 142 Å². The number of rotatable bonds is 1. The van der Waals surface area contributed by atoms with E-state index in [0.717, 1.165) is 24.2 Å². The number of halogens is 1. The Kier molecular flexibility index (Phi) is 4.96. The molecular weight excluding hydrogens is 316 g/mol. The summed E-state index contributed by atoms with van der Waals surface area (Å²) in [5.41, 5.74) is 1.75. The van der Waals surface area contributed by atoms with Crippen LogP contribution in [-0.2, 0) is 5.41 Å². The molecule has 3 rings (SSSR count). The van der Waals surface area contributed by atoms with Gasteiger partial charge in [-0.05, 0) is 13.0 Å². The second-order valence-electron chi connectivity index (χ2n) is 6.91. The molecule has 0 aromatic carbocycles. The molecule has 1 N–H and O–H groups in total.